The van der Waals surface area contributed by atoms with E-state index < -0.39 is 5.76 Å². The van der Waals surface area contributed by atoms with Crippen LogP contribution in [0.1, 0.15) is 15.9 Å². The third-order valence-electron chi connectivity index (χ3n) is 4.20. The molecule has 0 spiro atoms. The Balaban J connectivity index is 1.91. The molecule has 3 aromatic rings. The summed E-state index contributed by atoms with van der Waals surface area (Å²) in [6.45, 7) is 3.06. The zero-order valence-electron chi connectivity index (χ0n) is 15.1. The van der Waals surface area contributed by atoms with E-state index in [0.717, 1.165) is 5.56 Å². The summed E-state index contributed by atoms with van der Waals surface area (Å²) in [7, 11) is 3.87. The number of rotatable bonds is 5. The minimum Gasteiger partial charge on any atom is -0.408 e. The molecule has 136 valence electrons. The van der Waals surface area contributed by atoms with Crippen LogP contribution in [-0.4, -0.2) is 36.0 Å². The Morgan fingerprint density at radius 1 is 1.23 bits per heavy atom. The number of hydrogen-bond acceptors (Lipinski definition) is 5. The third kappa shape index (κ3) is 3.62. The van der Waals surface area contributed by atoms with Crippen LogP contribution in [0, 0.1) is 6.92 Å². The van der Waals surface area contributed by atoms with E-state index in [1.165, 1.54) is 0 Å². The molecule has 0 fully saturated rings. The lowest BCUT2D eigenvalue weighted by atomic mass is 10.1. The van der Waals surface area contributed by atoms with E-state index in [9.17, 15) is 9.59 Å². The van der Waals surface area contributed by atoms with Crippen LogP contribution in [0.2, 0.25) is 0 Å². The SMILES string of the molecule is Cc1ccc(N)cc1C(=O)Nc1ccc2oc(=O)n(CCN(C)C)c2c1. The molecule has 3 rings (SSSR count). The zero-order chi connectivity index (χ0) is 18.8. The Bertz CT molecular complexity index is 1020. The maximum atomic E-state index is 12.6. The monoisotopic (exact) mass is 354 g/mol. The largest absolute Gasteiger partial charge is 0.419 e. The Morgan fingerprint density at radius 2 is 2.00 bits per heavy atom. The molecule has 0 bridgehead atoms. The van der Waals surface area contributed by atoms with Gasteiger partial charge in [0.05, 0.1) is 5.52 Å². The van der Waals surface area contributed by atoms with Gasteiger partial charge in [-0.1, -0.05) is 6.07 Å². The summed E-state index contributed by atoms with van der Waals surface area (Å²) in [4.78, 5) is 26.6. The van der Waals surface area contributed by atoms with Crippen LogP contribution in [0.15, 0.2) is 45.6 Å². The topological polar surface area (TPSA) is 93.5 Å². The molecule has 26 heavy (non-hydrogen) atoms. The Kier molecular flexibility index (Phi) is 4.81. The molecule has 0 aliphatic carbocycles. The van der Waals surface area contributed by atoms with Crippen LogP contribution < -0.4 is 16.8 Å². The van der Waals surface area contributed by atoms with Crippen molar-refractivity contribution in [2.75, 3.05) is 31.7 Å². The van der Waals surface area contributed by atoms with Gasteiger partial charge >= 0.3 is 5.76 Å². The molecule has 0 saturated heterocycles. The fourth-order valence-electron chi connectivity index (χ4n) is 2.73. The number of hydrogen-bond donors (Lipinski definition) is 2. The van der Waals surface area contributed by atoms with Crippen LogP contribution in [0.5, 0.6) is 0 Å². The summed E-state index contributed by atoms with van der Waals surface area (Å²) < 4.78 is 6.84. The van der Waals surface area contributed by atoms with Crippen molar-refractivity contribution in [3.8, 4) is 0 Å². The standard InChI is InChI=1S/C19H22N4O3/c1-12-4-5-13(20)10-15(12)18(24)21-14-6-7-17-16(11-14)23(19(25)26-17)9-8-22(2)3/h4-7,10-11H,8-9,20H2,1-3H3,(H,21,24). The lowest BCUT2D eigenvalue weighted by molar-refractivity contribution is 0.102. The van der Waals surface area contributed by atoms with E-state index in [-0.39, 0.29) is 5.91 Å². The summed E-state index contributed by atoms with van der Waals surface area (Å²) >= 11 is 0. The van der Waals surface area contributed by atoms with E-state index >= 15 is 0 Å². The number of nitrogens with zero attached hydrogens (tertiary/aromatic N) is 2. The number of likely N-dealkylation sites (N-methyl/N-ethyl adjacent to an activating group) is 1. The van der Waals surface area contributed by atoms with Crippen LogP contribution >= 0.6 is 0 Å². The van der Waals surface area contributed by atoms with Gasteiger partial charge in [0.15, 0.2) is 5.58 Å². The number of nitrogens with two attached hydrogens (primary N) is 1. The van der Waals surface area contributed by atoms with Gasteiger partial charge in [0.2, 0.25) is 0 Å². The molecule has 7 nitrogen and oxygen atoms in total. The summed E-state index contributed by atoms with van der Waals surface area (Å²) in [5.41, 5.74) is 9.39. The number of amides is 1. The number of aromatic nitrogens is 1. The third-order valence-corrected chi connectivity index (χ3v) is 4.20. The van der Waals surface area contributed by atoms with E-state index in [1.54, 1.807) is 34.9 Å². The Morgan fingerprint density at radius 3 is 2.73 bits per heavy atom. The average Bonchev–Trinajstić information content (AvgIpc) is 2.89. The molecule has 0 aliphatic heterocycles. The molecule has 0 saturated carbocycles. The molecule has 1 aromatic heterocycles. The first kappa shape index (κ1) is 17.8. The predicted molar refractivity (Wildman–Crippen MR) is 103 cm³/mol. The van der Waals surface area contributed by atoms with Crippen LogP contribution in [0.25, 0.3) is 11.1 Å². The van der Waals surface area contributed by atoms with Gasteiger partial charge in [0, 0.05) is 30.0 Å². The van der Waals surface area contributed by atoms with Gasteiger partial charge in [0.25, 0.3) is 5.91 Å². The quantitative estimate of drug-likeness (QED) is 0.686. The van der Waals surface area contributed by atoms with Crippen molar-refractivity contribution in [3.63, 3.8) is 0 Å². The van der Waals surface area contributed by atoms with E-state index in [2.05, 4.69) is 5.32 Å². The second-order valence-corrected chi connectivity index (χ2v) is 6.53. The summed E-state index contributed by atoms with van der Waals surface area (Å²) in [5, 5.41) is 2.86. The molecule has 7 heteroatoms. The van der Waals surface area contributed by atoms with Crippen LogP contribution in [0.3, 0.4) is 0 Å². The van der Waals surface area contributed by atoms with Gasteiger partial charge in [-0.3, -0.25) is 9.36 Å². The van der Waals surface area contributed by atoms with E-state index in [4.69, 9.17) is 10.2 Å². The van der Waals surface area contributed by atoms with Gasteiger partial charge in [-0.05, 0) is 56.9 Å². The molecular weight excluding hydrogens is 332 g/mol. The highest BCUT2D eigenvalue weighted by atomic mass is 16.4. The number of aryl methyl sites for hydroxylation is 1. The summed E-state index contributed by atoms with van der Waals surface area (Å²) in [5.74, 6) is -0.656. The fourth-order valence-corrected chi connectivity index (χ4v) is 2.73. The summed E-state index contributed by atoms with van der Waals surface area (Å²) in [6, 6.07) is 10.4. The number of anilines is 2. The predicted octanol–water partition coefficient (Wildman–Crippen LogP) is 2.30. The molecular formula is C19H22N4O3. The first-order valence-electron chi connectivity index (χ1n) is 8.31. The Labute approximate surface area is 151 Å². The van der Waals surface area contributed by atoms with Crippen molar-refractivity contribution in [2.24, 2.45) is 0 Å². The highest BCUT2D eigenvalue weighted by Crippen LogP contribution is 2.20. The lowest BCUT2D eigenvalue weighted by Crippen LogP contribution is -2.23. The minimum absolute atomic E-state index is 0.250. The molecule has 0 atom stereocenters. The summed E-state index contributed by atoms with van der Waals surface area (Å²) in [6.07, 6.45) is 0. The smallest absolute Gasteiger partial charge is 0.408 e. The molecule has 3 N–H and O–H groups in total. The number of carbonyl (C=O) groups excluding carboxylic acids is 1. The fraction of sp³-hybridized carbons (Fsp3) is 0.263. The first-order valence-corrected chi connectivity index (χ1v) is 8.31. The first-order chi connectivity index (χ1) is 12.3. The zero-order valence-corrected chi connectivity index (χ0v) is 15.1. The van der Waals surface area contributed by atoms with Crippen molar-refractivity contribution < 1.29 is 9.21 Å². The van der Waals surface area contributed by atoms with Crippen LogP contribution in [-0.2, 0) is 6.54 Å². The number of nitrogen functional groups attached to an aromatic ring is 1. The van der Waals surface area contributed by atoms with Gasteiger partial charge in [-0.2, -0.15) is 0 Å². The molecule has 2 aromatic carbocycles. The highest BCUT2D eigenvalue weighted by Gasteiger charge is 2.13. The Hall–Kier alpha value is -3.06. The highest BCUT2D eigenvalue weighted by molar-refractivity contribution is 6.06. The number of carbonyl (C=O) groups is 1. The van der Waals surface area contributed by atoms with Crippen molar-refractivity contribution in [3.05, 3.63) is 58.1 Å². The maximum Gasteiger partial charge on any atom is 0.419 e. The van der Waals surface area contributed by atoms with Gasteiger partial charge in [-0.25, -0.2) is 4.79 Å². The minimum atomic E-state index is -0.406. The normalized spacial score (nSPS) is 11.2. The second-order valence-electron chi connectivity index (χ2n) is 6.53. The van der Waals surface area contributed by atoms with Crippen molar-refractivity contribution in [1.29, 1.82) is 0 Å². The molecule has 0 radical (unpaired) electrons. The molecule has 0 aliphatic rings. The average molecular weight is 354 g/mol. The molecule has 1 amide bonds. The van der Waals surface area contributed by atoms with Gasteiger partial charge in [-0.15, -0.1) is 0 Å². The second kappa shape index (κ2) is 7.05. The maximum absolute atomic E-state index is 12.6. The lowest BCUT2D eigenvalue weighted by Gasteiger charge is -2.10. The van der Waals surface area contributed by atoms with Crippen LogP contribution in [0.4, 0.5) is 11.4 Å². The van der Waals surface area contributed by atoms with Crippen molar-refractivity contribution in [2.45, 2.75) is 13.5 Å². The van der Waals surface area contributed by atoms with E-state index in [0.29, 0.717) is 41.1 Å². The number of fused-ring (bicyclic) bond motifs is 1. The number of oxazole rings is 1. The number of nitrogens with one attached hydrogen (secondary N) is 1. The van der Waals surface area contributed by atoms with E-state index in [1.807, 2.05) is 32.0 Å². The molecule has 0 unspecified atom stereocenters. The van der Waals surface area contributed by atoms with Crippen molar-refractivity contribution in [1.82, 2.24) is 9.47 Å². The van der Waals surface area contributed by atoms with Gasteiger partial charge in [0.1, 0.15) is 0 Å². The molecule has 1 heterocycles. The van der Waals surface area contributed by atoms with Gasteiger partial charge < -0.3 is 20.4 Å². The number of benzene rings is 2. The van der Waals surface area contributed by atoms with Crippen molar-refractivity contribution >= 4 is 28.4 Å².